The molecular weight excluding hydrogens is 287 g/mol. The van der Waals surface area contributed by atoms with E-state index < -0.39 is 5.82 Å². The second-order valence-corrected chi connectivity index (χ2v) is 5.44. The largest absolute Gasteiger partial charge is 0.376 e. The van der Waals surface area contributed by atoms with Crippen molar-refractivity contribution in [2.45, 2.75) is 25.9 Å². The summed E-state index contributed by atoms with van der Waals surface area (Å²) >= 11 is 0. The molecule has 1 fully saturated rings. The number of hydrogen-bond acceptors (Lipinski definition) is 3. The number of hydrogen-bond donors (Lipinski definition) is 1. The molecule has 6 heteroatoms. The molecule has 0 radical (unpaired) electrons. The molecule has 5 nitrogen and oxygen atoms in total. The van der Waals surface area contributed by atoms with E-state index in [0.29, 0.717) is 23.0 Å². The van der Waals surface area contributed by atoms with Crippen molar-refractivity contribution in [3.8, 4) is 0 Å². The first kappa shape index (κ1) is 14.7. The first-order valence-corrected chi connectivity index (χ1v) is 7.27. The third-order valence-electron chi connectivity index (χ3n) is 3.86. The fourth-order valence-corrected chi connectivity index (χ4v) is 2.75. The topological polar surface area (TPSA) is 60.3 Å². The lowest BCUT2D eigenvalue weighted by atomic mass is 10.1. The van der Waals surface area contributed by atoms with Crippen molar-refractivity contribution in [1.82, 2.24) is 9.88 Å². The van der Waals surface area contributed by atoms with Crippen LogP contribution in [0.25, 0.3) is 10.9 Å². The Morgan fingerprint density at radius 1 is 1.45 bits per heavy atom. The molecule has 0 saturated carbocycles. The Morgan fingerprint density at radius 2 is 2.27 bits per heavy atom. The van der Waals surface area contributed by atoms with Gasteiger partial charge in [-0.05, 0) is 31.0 Å². The molecule has 1 aliphatic heterocycles. The summed E-state index contributed by atoms with van der Waals surface area (Å²) in [5, 5.41) is 3.22. The van der Waals surface area contributed by atoms with Gasteiger partial charge in [-0.25, -0.2) is 4.39 Å². The van der Waals surface area contributed by atoms with Crippen LogP contribution in [0.15, 0.2) is 24.4 Å². The Bertz CT molecular complexity index is 732. The predicted molar refractivity (Wildman–Crippen MR) is 79.5 cm³/mol. The zero-order valence-corrected chi connectivity index (χ0v) is 12.3. The Labute approximate surface area is 127 Å². The number of ether oxygens (including phenoxy) is 1. The van der Waals surface area contributed by atoms with Crippen LogP contribution in [0.4, 0.5) is 4.39 Å². The number of carbonyl (C=O) groups is 2. The monoisotopic (exact) mass is 304 g/mol. The van der Waals surface area contributed by atoms with Gasteiger partial charge in [-0.1, -0.05) is 0 Å². The van der Waals surface area contributed by atoms with Gasteiger partial charge in [0.25, 0.3) is 5.91 Å². The number of fused-ring (bicyclic) bond motifs is 1. The number of carbonyl (C=O) groups excluding carboxylic acids is 2. The van der Waals surface area contributed by atoms with Crippen LogP contribution in [0.3, 0.4) is 0 Å². The zero-order chi connectivity index (χ0) is 15.7. The molecule has 1 amide bonds. The van der Waals surface area contributed by atoms with E-state index in [-0.39, 0.29) is 17.9 Å². The summed E-state index contributed by atoms with van der Waals surface area (Å²) < 4.78 is 20.3. The molecule has 1 N–H and O–H groups in total. The van der Waals surface area contributed by atoms with Crippen molar-refractivity contribution >= 4 is 22.7 Å². The van der Waals surface area contributed by atoms with E-state index in [1.54, 1.807) is 0 Å². The molecule has 116 valence electrons. The molecule has 1 aliphatic rings. The third kappa shape index (κ3) is 2.74. The summed E-state index contributed by atoms with van der Waals surface area (Å²) in [6.45, 7) is 2.53. The number of nitrogens with one attached hydrogen (secondary N) is 1. The van der Waals surface area contributed by atoms with Crippen molar-refractivity contribution in [2.75, 3.05) is 13.2 Å². The number of aromatic nitrogens is 1. The highest BCUT2D eigenvalue weighted by atomic mass is 19.1. The van der Waals surface area contributed by atoms with Gasteiger partial charge in [-0.15, -0.1) is 0 Å². The quantitative estimate of drug-likeness (QED) is 0.947. The van der Waals surface area contributed by atoms with Gasteiger partial charge in [-0.3, -0.25) is 14.2 Å². The zero-order valence-electron chi connectivity index (χ0n) is 12.3. The smallest absolute Gasteiger partial charge is 0.253 e. The summed E-state index contributed by atoms with van der Waals surface area (Å²) in [6, 6.07) is 4.05. The molecule has 3 rings (SSSR count). The van der Waals surface area contributed by atoms with Gasteiger partial charge in [0, 0.05) is 31.7 Å². The molecule has 1 aromatic heterocycles. The summed E-state index contributed by atoms with van der Waals surface area (Å²) in [5.41, 5.74) is 0.818. The van der Waals surface area contributed by atoms with Gasteiger partial charge < -0.3 is 10.1 Å². The molecule has 2 aromatic rings. The second-order valence-electron chi connectivity index (χ2n) is 5.44. The van der Waals surface area contributed by atoms with E-state index >= 15 is 0 Å². The second kappa shape index (κ2) is 5.88. The lowest BCUT2D eigenvalue weighted by molar-refractivity contribution is 0.0859. The SMILES string of the molecule is CC(=O)n1cc(C(=O)NCC2CCCO2)c2cc(F)ccc21. The predicted octanol–water partition coefficient (Wildman–Crippen LogP) is 2.35. The van der Waals surface area contributed by atoms with Gasteiger partial charge in [0.15, 0.2) is 0 Å². The van der Waals surface area contributed by atoms with Crippen molar-refractivity contribution in [3.63, 3.8) is 0 Å². The maximum atomic E-state index is 13.5. The maximum absolute atomic E-state index is 13.5. The van der Waals surface area contributed by atoms with Crippen LogP contribution in [0.5, 0.6) is 0 Å². The fourth-order valence-electron chi connectivity index (χ4n) is 2.75. The minimum atomic E-state index is -0.443. The Balaban J connectivity index is 1.89. The van der Waals surface area contributed by atoms with Gasteiger partial charge in [0.2, 0.25) is 5.91 Å². The average molecular weight is 304 g/mol. The third-order valence-corrected chi connectivity index (χ3v) is 3.86. The average Bonchev–Trinajstić information content (AvgIpc) is 3.11. The number of nitrogens with zero attached hydrogens (tertiary/aromatic N) is 1. The van der Waals surface area contributed by atoms with Crippen LogP contribution in [0, 0.1) is 5.82 Å². The molecule has 1 unspecified atom stereocenters. The minimum Gasteiger partial charge on any atom is -0.376 e. The standard InChI is InChI=1S/C16H17FN2O3/c1-10(20)19-9-14(13-7-11(17)4-5-15(13)19)16(21)18-8-12-3-2-6-22-12/h4-5,7,9,12H,2-3,6,8H2,1H3,(H,18,21). The Morgan fingerprint density at radius 3 is 2.95 bits per heavy atom. The normalized spacial score (nSPS) is 17.8. The molecule has 0 aliphatic carbocycles. The van der Waals surface area contributed by atoms with Crippen molar-refractivity contribution < 1.29 is 18.7 Å². The van der Waals surface area contributed by atoms with E-state index in [1.165, 1.54) is 35.9 Å². The molecule has 1 saturated heterocycles. The first-order valence-electron chi connectivity index (χ1n) is 7.27. The van der Waals surface area contributed by atoms with Crippen molar-refractivity contribution in [2.24, 2.45) is 0 Å². The maximum Gasteiger partial charge on any atom is 0.253 e. The molecule has 1 atom stereocenters. The van der Waals surface area contributed by atoms with E-state index in [9.17, 15) is 14.0 Å². The van der Waals surface area contributed by atoms with Crippen LogP contribution in [-0.2, 0) is 4.74 Å². The summed E-state index contributed by atoms with van der Waals surface area (Å²) in [5.74, 6) is -0.997. The molecule has 1 aromatic carbocycles. The van der Waals surface area contributed by atoms with E-state index in [2.05, 4.69) is 5.32 Å². The summed E-state index contributed by atoms with van der Waals surface area (Å²) in [6.07, 6.45) is 3.40. The summed E-state index contributed by atoms with van der Waals surface area (Å²) in [7, 11) is 0. The van der Waals surface area contributed by atoms with Crippen LogP contribution < -0.4 is 5.32 Å². The molecule has 0 bridgehead atoms. The van der Waals surface area contributed by atoms with E-state index in [0.717, 1.165) is 19.4 Å². The van der Waals surface area contributed by atoms with Crippen LogP contribution in [0.1, 0.15) is 34.9 Å². The number of halogens is 1. The number of benzene rings is 1. The summed E-state index contributed by atoms with van der Waals surface area (Å²) in [4.78, 5) is 24.0. The lowest BCUT2D eigenvalue weighted by Crippen LogP contribution is -2.31. The van der Waals surface area contributed by atoms with E-state index in [4.69, 9.17) is 4.74 Å². The van der Waals surface area contributed by atoms with Crippen molar-refractivity contribution in [1.29, 1.82) is 0 Å². The minimum absolute atomic E-state index is 0.0295. The first-order chi connectivity index (χ1) is 10.6. The van der Waals surface area contributed by atoms with E-state index in [1.807, 2.05) is 0 Å². The molecule has 22 heavy (non-hydrogen) atoms. The molecule has 0 spiro atoms. The van der Waals surface area contributed by atoms with Crippen molar-refractivity contribution in [3.05, 3.63) is 35.8 Å². The van der Waals surface area contributed by atoms with Crippen LogP contribution in [0.2, 0.25) is 0 Å². The van der Waals surface area contributed by atoms with Gasteiger partial charge in [0.1, 0.15) is 5.82 Å². The Kier molecular flexibility index (Phi) is 3.94. The highest BCUT2D eigenvalue weighted by Crippen LogP contribution is 2.23. The fraction of sp³-hybridized carbons (Fsp3) is 0.375. The Hall–Kier alpha value is -2.21. The molecular formula is C16H17FN2O3. The number of rotatable bonds is 3. The van der Waals surface area contributed by atoms with Gasteiger partial charge in [-0.2, -0.15) is 0 Å². The molecule has 2 heterocycles. The lowest BCUT2D eigenvalue weighted by Gasteiger charge is -2.10. The van der Waals surface area contributed by atoms with Gasteiger partial charge in [0.05, 0.1) is 17.2 Å². The van der Waals surface area contributed by atoms with Crippen LogP contribution >= 0.6 is 0 Å². The van der Waals surface area contributed by atoms with Crippen LogP contribution in [-0.4, -0.2) is 35.6 Å². The number of amides is 1. The van der Waals surface area contributed by atoms with Gasteiger partial charge >= 0.3 is 0 Å². The highest BCUT2D eigenvalue weighted by molar-refractivity contribution is 6.09. The highest BCUT2D eigenvalue weighted by Gasteiger charge is 2.20.